The number of amides is 1. The number of anilines is 2. The molecule has 0 bridgehead atoms. The number of aromatic nitrogens is 1. The number of hydrogen-bond donors (Lipinski definition) is 3. The molecule has 1 aliphatic carbocycles. The highest BCUT2D eigenvalue weighted by Crippen LogP contribution is 2.28. The SMILES string of the molecule is CCNc1nc(N)c(C(=O)NCC2CCC(C)CC2)s1. The maximum Gasteiger partial charge on any atom is 0.265 e. The molecule has 0 aromatic carbocycles. The van der Waals surface area contributed by atoms with Crippen LogP contribution in [-0.2, 0) is 0 Å². The van der Waals surface area contributed by atoms with Crippen LogP contribution in [0.15, 0.2) is 0 Å². The minimum absolute atomic E-state index is 0.0947. The van der Waals surface area contributed by atoms with Gasteiger partial charge in [-0.15, -0.1) is 0 Å². The molecule has 0 saturated heterocycles. The quantitative estimate of drug-likeness (QED) is 0.780. The zero-order valence-corrected chi connectivity index (χ0v) is 13.1. The minimum atomic E-state index is -0.0947. The lowest BCUT2D eigenvalue weighted by molar-refractivity contribution is 0.0946. The zero-order chi connectivity index (χ0) is 14.5. The molecule has 0 radical (unpaired) electrons. The molecule has 1 aromatic heterocycles. The summed E-state index contributed by atoms with van der Waals surface area (Å²) in [4.78, 5) is 16.8. The highest BCUT2D eigenvalue weighted by Gasteiger charge is 2.20. The fraction of sp³-hybridized carbons (Fsp3) is 0.714. The third-order valence-corrected chi connectivity index (χ3v) is 4.90. The van der Waals surface area contributed by atoms with Gasteiger partial charge in [-0.1, -0.05) is 31.1 Å². The summed E-state index contributed by atoms with van der Waals surface area (Å²) in [5, 5.41) is 6.79. The van der Waals surface area contributed by atoms with E-state index in [2.05, 4.69) is 22.5 Å². The molecule has 0 unspecified atom stereocenters. The van der Waals surface area contributed by atoms with Gasteiger partial charge in [-0.05, 0) is 31.6 Å². The number of thiazole rings is 1. The van der Waals surface area contributed by atoms with Gasteiger partial charge in [-0.25, -0.2) is 4.98 Å². The number of nitrogens with one attached hydrogen (secondary N) is 2. The average molecular weight is 296 g/mol. The Morgan fingerprint density at radius 1 is 1.40 bits per heavy atom. The first kappa shape index (κ1) is 15.1. The van der Waals surface area contributed by atoms with Crippen LogP contribution in [0.4, 0.5) is 10.9 Å². The summed E-state index contributed by atoms with van der Waals surface area (Å²) in [5.41, 5.74) is 5.80. The van der Waals surface area contributed by atoms with Gasteiger partial charge in [0.2, 0.25) is 0 Å². The number of hydrogen-bond acceptors (Lipinski definition) is 5. The molecule has 2 rings (SSSR count). The van der Waals surface area contributed by atoms with Crippen LogP contribution in [0, 0.1) is 11.8 Å². The maximum atomic E-state index is 12.1. The molecule has 4 N–H and O–H groups in total. The van der Waals surface area contributed by atoms with Crippen LogP contribution in [0.2, 0.25) is 0 Å². The van der Waals surface area contributed by atoms with E-state index in [1.807, 2.05) is 6.92 Å². The molecule has 1 aromatic rings. The topological polar surface area (TPSA) is 80.0 Å². The molecule has 1 amide bonds. The molecule has 20 heavy (non-hydrogen) atoms. The normalized spacial score (nSPS) is 22.5. The highest BCUT2D eigenvalue weighted by atomic mass is 32.1. The van der Waals surface area contributed by atoms with Crippen molar-refractivity contribution < 1.29 is 4.79 Å². The van der Waals surface area contributed by atoms with Crippen molar-refractivity contribution in [1.29, 1.82) is 0 Å². The third-order valence-electron chi connectivity index (χ3n) is 3.87. The second-order valence-corrected chi connectivity index (χ2v) is 6.60. The summed E-state index contributed by atoms with van der Waals surface area (Å²) in [7, 11) is 0. The van der Waals surface area contributed by atoms with E-state index in [4.69, 9.17) is 5.73 Å². The summed E-state index contributed by atoms with van der Waals surface area (Å²) in [6.45, 7) is 5.81. The Morgan fingerprint density at radius 3 is 2.75 bits per heavy atom. The van der Waals surface area contributed by atoms with Crippen LogP contribution >= 0.6 is 11.3 Å². The lowest BCUT2D eigenvalue weighted by Gasteiger charge is -2.26. The maximum absolute atomic E-state index is 12.1. The molecule has 6 heteroatoms. The van der Waals surface area contributed by atoms with Gasteiger partial charge in [0, 0.05) is 13.1 Å². The number of rotatable bonds is 5. The van der Waals surface area contributed by atoms with Crippen LogP contribution < -0.4 is 16.4 Å². The van der Waals surface area contributed by atoms with Crippen LogP contribution in [0.5, 0.6) is 0 Å². The lowest BCUT2D eigenvalue weighted by Crippen LogP contribution is -2.31. The molecule has 1 fully saturated rings. The van der Waals surface area contributed by atoms with Crippen LogP contribution in [0.25, 0.3) is 0 Å². The smallest absolute Gasteiger partial charge is 0.265 e. The standard InChI is InChI=1S/C14H24N4OS/c1-3-16-14-18-12(15)11(20-14)13(19)17-8-10-6-4-9(2)5-7-10/h9-10H,3-8,15H2,1-2H3,(H,16,18)(H,17,19). The van der Waals surface area contributed by atoms with Gasteiger partial charge >= 0.3 is 0 Å². The minimum Gasteiger partial charge on any atom is -0.382 e. The van der Waals surface area contributed by atoms with E-state index < -0.39 is 0 Å². The van der Waals surface area contributed by atoms with Gasteiger partial charge in [0.05, 0.1) is 0 Å². The number of carbonyl (C=O) groups is 1. The highest BCUT2D eigenvalue weighted by molar-refractivity contribution is 7.18. The van der Waals surface area contributed by atoms with E-state index in [0.717, 1.165) is 19.0 Å². The first-order valence-corrected chi connectivity index (χ1v) is 8.20. The predicted molar refractivity (Wildman–Crippen MR) is 84.1 cm³/mol. The number of carbonyl (C=O) groups excluding carboxylic acids is 1. The Hall–Kier alpha value is -1.30. The van der Waals surface area contributed by atoms with Crippen molar-refractivity contribution in [3.05, 3.63) is 4.88 Å². The van der Waals surface area contributed by atoms with E-state index >= 15 is 0 Å². The van der Waals surface area contributed by atoms with E-state index in [9.17, 15) is 4.79 Å². The van der Waals surface area contributed by atoms with Crippen molar-refractivity contribution in [1.82, 2.24) is 10.3 Å². The number of nitrogens with two attached hydrogens (primary N) is 1. The second-order valence-electron chi connectivity index (χ2n) is 5.60. The van der Waals surface area contributed by atoms with E-state index in [1.165, 1.54) is 37.0 Å². The van der Waals surface area contributed by atoms with Crippen molar-refractivity contribution >= 4 is 28.2 Å². The molecule has 1 heterocycles. The number of nitrogens with zero attached hydrogens (tertiary/aromatic N) is 1. The fourth-order valence-corrected chi connectivity index (χ4v) is 3.44. The molecule has 0 atom stereocenters. The van der Waals surface area contributed by atoms with Gasteiger partial charge in [0.25, 0.3) is 5.91 Å². The van der Waals surface area contributed by atoms with E-state index in [1.54, 1.807) is 0 Å². The van der Waals surface area contributed by atoms with Crippen molar-refractivity contribution in [3.8, 4) is 0 Å². The summed E-state index contributed by atoms with van der Waals surface area (Å²) in [6, 6.07) is 0. The second kappa shape index (κ2) is 6.92. The molecule has 5 nitrogen and oxygen atoms in total. The average Bonchev–Trinajstić information content (AvgIpc) is 2.79. The predicted octanol–water partition coefficient (Wildman–Crippen LogP) is 2.71. The molecule has 112 valence electrons. The first-order chi connectivity index (χ1) is 9.60. The van der Waals surface area contributed by atoms with Gasteiger partial charge < -0.3 is 16.4 Å². The number of nitrogen functional groups attached to an aromatic ring is 1. The summed E-state index contributed by atoms with van der Waals surface area (Å²) in [5.74, 6) is 1.67. The monoisotopic (exact) mass is 296 g/mol. The van der Waals surface area contributed by atoms with Gasteiger partial charge in [0.15, 0.2) is 5.13 Å². The van der Waals surface area contributed by atoms with Gasteiger partial charge in [0.1, 0.15) is 10.7 Å². The van der Waals surface area contributed by atoms with E-state index in [0.29, 0.717) is 21.7 Å². The summed E-state index contributed by atoms with van der Waals surface area (Å²) >= 11 is 1.32. The lowest BCUT2D eigenvalue weighted by atomic mass is 9.83. The van der Waals surface area contributed by atoms with Crippen LogP contribution in [-0.4, -0.2) is 24.0 Å². The Labute approximate surface area is 124 Å². The van der Waals surface area contributed by atoms with Crippen molar-refractivity contribution in [2.24, 2.45) is 11.8 Å². The summed E-state index contributed by atoms with van der Waals surface area (Å²) < 4.78 is 0. The molecule has 1 aliphatic rings. The Bertz CT molecular complexity index is 452. The third kappa shape index (κ3) is 3.85. The van der Waals surface area contributed by atoms with Gasteiger partial charge in [-0.3, -0.25) is 4.79 Å². The molecule has 0 aliphatic heterocycles. The molecule has 0 spiro atoms. The van der Waals surface area contributed by atoms with Crippen molar-refractivity contribution in [2.45, 2.75) is 39.5 Å². The van der Waals surface area contributed by atoms with Gasteiger partial charge in [-0.2, -0.15) is 0 Å². The Balaban J connectivity index is 1.85. The van der Waals surface area contributed by atoms with Crippen molar-refractivity contribution in [3.63, 3.8) is 0 Å². The zero-order valence-electron chi connectivity index (χ0n) is 12.2. The fourth-order valence-electron chi connectivity index (χ4n) is 2.57. The molecule has 1 saturated carbocycles. The molecular formula is C14H24N4OS. The molecular weight excluding hydrogens is 272 g/mol. The Kier molecular flexibility index (Phi) is 5.23. The van der Waals surface area contributed by atoms with E-state index in [-0.39, 0.29) is 5.91 Å². The van der Waals surface area contributed by atoms with Crippen LogP contribution in [0.1, 0.15) is 49.2 Å². The van der Waals surface area contributed by atoms with Crippen molar-refractivity contribution in [2.75, 3.05) is 24.1 Å². The Morgan fingerprint density at radius 2 is 2.10 bits per heavy atom. The van der Waals surface area contributed by atoms with Crippen LogP contribution in [0.3, 0.4) is 0 Å². The summed E-state index contributed by atoms with van der Waals surface area (Å²) in [6.07, 6.45) is 4.96. The largest absolute Gasteiger partial charge is 0.382 e. The first-order valence-electron chi connectivity index (χ1n) is 7.38.